The Kier molecular flexibility index (Phi) is 15.1. The highest BCUT2D eigenvalue weighted by Gasteiger charge is 1.92. The van der Waals surface area contributed by atoms with Crippen LogP contribution in [0.25, 0.3) is 0 Å². The standard InChI is InChI=1S/C19H32O/c1-3-4-5-6-7-8-9-10-11-12-13-14-15-16-17-18-19(2)20/h7-12H,3-6,13-18H2,1-2H3/b8-7+,10-9+,12-11+. The lowest BCUT2D eigenvalue weighted by molar-refractivity contribution is -0.117. The van der Waals surface area contributed by atoms with Gasteiger partial charge in [0.15, 0.2) is 0 Å². The predicted molar refractivity (Wildman–Crippen MR) is 89.9 cm³/mol. The third-order valence-corrected chi connectivity index (χ3v) is 3.23. The number of carbonyl (C=O) groups is 1. The normalized spacial score (nSPS) is 12.1. The van der Waals surface area contributed by atoms with Crippen LogP contribution < -0.4 is 0 Å². The monoisotopic (exact) mass is 276 g/mol. The van der Waals surface area contributed by atoms with E-state index in [0.717, 1.165) is 19.3 Å². The van der Waals surface area contributed by atoms with Gasteiger partial charge in [-0.1, -0.05) is 69.1 Å². The van der Waals surface area contributed by atoms with Gasteiger partial charge in [0.2, 0.25) is 0 Å². The highest BCUT2D eigenvalue weighted by Crippen LogP contribution is 2.06. The molecule has 1 nitrogen and oxygen atoms in total. The quantitative estimate of drug-likeness (QED) is 0.290. The van der Waals surface area contributed by atoms with Gasteiger partial charge in [-0.3, -0.25) is 0 Å². The zero-order valence-electron chi connectivity index (χ0n) is 13.4. The number of allylic oxidation sites excluding steroid dienone is 6. The van der Waals surface area contributed by atoms with Crippen LogP contribution in [0.1, 0.15) is 78.1 Å². The molecule has 0 aliphatic heterocycles. The SMILES string of the molecule is CCCCC/C=C/C=C/C=C/CCCCCCC(C)=O. The zero-order valence-corrected chi connectivity index (χ0v) is 13.4. The molecule has 0 aromatic rings. The fraction of sp³-hybridized carbons (Fsp3) is 0.632. The Balaban J connectivity index is 3.32. The van der Waals surface area contributed by atoms with E-state index in [1.807, 2.05) is 0 Å². The van der Waals surface area contributed by atoms with Crippen LogP contribution in [0.15, 0.2) is 36.5 Å². The maximum absolute atomic E-state index is 10.8. The van der Waals surface area contributed by atoms with Crippen LogP contribution in [0, 0.1) is 0 Å². The Labute approximate surface area is 125 Å². The van der Waals surface area contributed by atoms with Gasteiger partial charge in [-0.15, -0.1) is 0 Å². The Morgan fingerprint density at radius 3 is 1.85 bits per heavy atom. The molecule has 0 aliphatic rings. The highest BCUT2D eigenvalue weighted by atomic mass is 16.1. The van der Waals surface area contributed by atoms with E-state index in [9.17, 15) is 4.79 Å². The van der Waals surface area contributed by atoms with E-state index in [-0.39, 0.29) is 0 Å². The van der Waals surface area contributed by atoms with Crippen molar-refractivity contribution in [1.82, 2.24) is 0 Å². The van der Waals surface area contributed by atoms with E-state index >= 15 is 0 Å². The van der Waals surface area contributed by atoms with Gasteiger partial charge in [0, 0.05) is 6.42 Å². The second-order valence-corrected chi connectivity index (χ2v) is 5.39. The fourth-order valence-electron chi connectivity index (χ4n) is 1.98. The summed E-state index contributed by atoms with van der Waals surface area (Å²) in [6, 6.07) is 0. The van der Waals surface area contributed by atoms with Crippen molar-refractivity contribution in [3.05, 3.63) is 36.5 Å². The molecule has 0 radical (unpaired) electrons. The summed E-state index contributed by atoms with van der Waals surface area (Å²) in [5.74, 6) is 0.317. The molecule has 0 N–H and O–H groups in total. The maximum Gasteiger partial charge on any atom is 0.129 e. The lowest BCUT2D eigenvalue weighted by Gasteiger charge is -1.96. The zero-order chi connectivity index (χ0) is 14.9. The molecule has 0 saturated heterocycles. The van der Waals surface area contributed by atoms with Crippen LogP contribution in [-0.2, 0) is 4.79 Å². The van der Waals surface area contributed by atoms with Crippen molar-refractivity contribution in [3.63, 3.8) is 0 Å². The Hall–Kier alpha value is -1.11. The molecule has 0 fully saturated rings. The van der Waals surface area contributed by atoms with Gasteiger partial charge >= 0.3 is 0 Å². The number of Topliss-reactive ketones (excluding diaryl/α,β-unsaturated/α-hetero) is 1. The second-order valence-electron chi connectivity index (χ2n) is 5.39. The Morgan fingerprint density at radius 2 is 1.30 bits per heavy atom. The van der Waals surface area contributed by atoms with Gasteiger partial charge in [-0.05, 0) is 39.0 Å². The van der Waals surface area contributed by atoms with Gasteiger partial charge in [0.05, 0.1) is 0 Å². The Bertz CT molecular complexity index is 297. The molecule has 0 unspecified atom stereocenters. The molecule has 0 aliphatic carbocycles. The summed E-state index contributed by atoms with van der Waals surface area (Å²) in [6.45, 7) is 3.91. The molecule has 0 atom stereocenters. The number of carbonyl (C=O) groups excluding carboxylic acids is 1. The molecule has 20 heavy (non-hydrogen) atoms. The van der Waals surface area contributed by atoms with Crippen molar-refractivity contribution >= 4 is 5.78 Å². The second kappa shape index (κ2) is 15.9. The van der Waals surface area contributed by atoms with Gasteiger partial charge in [-0.2, -0.15) is 0 Å². The Morgan fingerprint density at radius 1 is 0.750 bits per heavy atom. The average molecular weight is 276 g/mol. The minimum atomic E-state index is 0.317. The first-order valence-corrected chi connectivity index (χ1v) is 8.25. The van der Waals surface area contributed by atoms with Crippen LogP contribution in [0.4, 0.5) is 0 Å². The molecule has 114 valence electrons. The van der Waals surface area contributed by atoms with Crippen LogP contribution in [0.3, 0.4) is 0 Å². The first-order chi connectivity index (χ1) is 9.77. The molecule has 0 aromatic carbocycles. The number of rotatable bonds is 13. The molecule has 0 spiro atoms. The largest absolute Gasteiger partial charge is 0.300 e. The molecule has 1 heteroatoms. The van der Waals surface area contributed by atoms with Crippen LogP contribution in [0.2, 0.25) is 0 Å². The van der Waals surface area contributed by atoms with Crippen molar-refractivity contribution < 1.29 is 4.79 Å². The summed E-state index contributed by atoms with van der Waals surface area (Å²) in [7, 11) is 0. The topological polar surface area (TPSA) is 17.1 Å². The smallest absolute Gasteiger partial charge is 0.129 e. The van der Waals surface area contributed by atoms with E-state index in [1.165, 1.54) is 44.9 Å². The average Bonchev–Trinajstić information content (AvgIpc) is 2.43. The molecular weight excluding hydrogens is 244 g/mol. The number of unbranched alkanes of at least 4 members (excludes halogenated alkanes) is 7. The summed E-state index contributed by atoms with van der Waals surface area (Å²) < 4.78 is 0. The number of hydrogen-bond acceptors (Lipinski definition) is 1. The van der Waals surface area contributed by atoms with Crippen molar-refractivity contribution in [1.29, 1.82) is 0 Å². The summed E-state index contributed by atoms with van der Waals surface area (Å²) in [5, 5.41) is 0. The predicted octanol–water partition coefficient (Wildman–Crippen LogP) is 6.16. The van der Waals surface area contributed by atoms with Crippen molar-refractivity contribution in [2.45, 2.75) is 78.1 Å². The van der Waals surface area contributed by atoms with Crippen LogP contribution in [0.5, 0.6) is 0 Å². The summed E-state index contributed by atoms with van der Waals surface area (Å²) in [6.07, 6.45) is 24.7. The third kappa shape index (κ3) is 16.9. The van der Waals surface area contributed by atoms with E-state index in [2.05, 4.69) is 43.4 Å². The lowest BCUT2D eigenvalue weighted by Crippen LogP contribution is -1.88. The van der Waals surface area contributed by atoms with E-state index in [4.69, 9.17) is 0 Å². The summed E-state index contributed by atoms with van der Waals surface area (Å²) >= 11 is 0. The summed E-state index contributed by atoms with van der Waals surface area (Å²) in [5.41, 5.74) is 0. The summed E-state index contributed by atoms with van der Waals surface area (Å²) in [4.78, 5) is 10.8. The number of hydrogen-bond donors (Lipinski definition) is 0. The minimum absolute atomic E-state index is 0.317. The van der Waals surface area contributed by atoms with E-state index < -0.39 is 0 Å². The van der Waals surface area contributed by atoms with Gasteiger partial charge < -0.3 is 4.79 Å². The highest BCUT2D eigenvalue weighted by molar-refractivity contribution is 5.75. The van der Waals surface area contributed by atoms with Crippen LogP contribution >= 0.6 is 0 Å². The minimum Gasteiger partial charge on any atom is -0.300 e. The number of ketones is 1. The van der Waals surface area contributed by atoms with Gasteiger partial charge in [-0.25, -0.2) is 0 Å². The first kappa shape index (κ1) is 18.9. The maximum atomic E-state index is 10.8. The van der Waals surface area contributed by atoms with Crippen molar-refractivity contribution in [2.75, 3.05) is 0 Å². The van der Waals surface area contributed by atoms with E-state index in [1.54, 1.807) is 6.92 Å². The van der Waals surface area contributed by atoms with Crippen molar-refractivity contribution in [2.24, 2.45) is 0 Å². The van der Waals surface area contributed by atoms with Gasteiger partial charge in [0.1, 0.15) is 5.78 Å². The molecular formula is C19H32O. The lowest BCUT2D eigenvalue weighted by atomic mass is 10.1. The van der Waals surface area contributed by atoms with Crippen LogP contribution in [-0.4, -0.2) is 5.78 Å². The third-order valence-electron chi connectivity index (χ3n) is 3.23. The molecule has 0 rings (SSSR count). The fourth-order valence-corrected chi connectivity index (χ4v) is 1.98. The molecule has 0 bridgehead atoms. The molecule has 0 amide bonds. The van der Waals surface area contributed by atoms with E-state index in [0.29, 0.717) is 5.78 Å². The van der Waals surface area contributed by atoms with Gasteiger partial charge in [0.25, 0.3) is 0 Å². The molecule has 0 saturated carbocycles. The molecule has 0 heterocycles. The molecule has 0 aromatic heterocycles. The van der Waals surface area contributed by atoms with Crippen molar-refractivity contribution in [3.8, 4) is 0 Å². The first-order valence-electron chi connectivity index (χ1n) is 8.25.